The van der Waals surface area contributed by atoms with E-state index >= 15 is 0 Å². The molecule has 2 aromatic carbocycles. The number of benzene rings is 2. The van der Waals surface area contributed by atoms with Crippen molar-refractivity contribution in [3.63, 3.8) is 0 Å². The second-order valence-corrected chi connectivity index (χ2v) is 13.1. The number of ether oxygens (including phenoxy) is 2. The van der Waals surface area contributed by atoms with Crippen molar-refractivity contribution in [2.45, 2.75) is 63.6 Å². The van der Waals surface area contributed by atoms with Crippen LogP contribution in [0.15, 0.2) is 60.7 Å². The molecule has 1 saturated heterocycles. The van der Waals surface area contributed by atoms with E-state index in [2.05, 4.69) is 81.4 Å². The van der Waals surface area contributed by atoms with Gasteiger partial charge in [-0.1, -0.05) is 81.4 Å². The zero-order chi connectivity index (χ0) is 20.9. The van der Waals surface area contributed by atoms with Crippen LogP contribution in [0.1, 0.15) is 40.0 Å². The Morgan fingerprint density at radius 2 is 1.52 bits per heavy atom. The van der Waals surface area contributed by atoms with Gasteiger partial charge in [0.15, 0.2) is 6.29 Å². The highest BCUT2D eigenvalue weighted by molar-refractivity contribution is 6.99. The summed E-state index contributed by atoms with van der Waals surface area (Å²) < 4.78 is 18.9. The third-order valence-corrected chi connectivity index (χ3v) is 10.9. The van der Waals surface area contributed by atoms with Gasteiger partial charge >= 0.3 is 0 Å². The third kappa shape index (κ3) is 4.81. The lowest BCUT2D eigenvalue weighted by Crippen LogP contribution is -2.68. The number of hydrogen-bond acceptors (Lipinski definition) is 4. The van der Waals surface area contributed by atoms with Gasteiger partial charge in [-0.3, -0.25) is 0 Å². The van der Waals surface area contributed by atoms with Crippen LogP contribution in [-0.4, -0.2) is 40.5 Å². The Hall–Kier alpha value is -1.50. The van der Waals surface area contributed by atoms with Crippen molar-refractivity contribution in [1.29, 1.82) is 0 Å². The van der Waals surface area contributed by atoms with Crippen LogP contribution in [0.5, 0.6) is 0 Å². The molecule has 1 heterocycles. The van der Waals surface area contributed by atoms with E-state index in [4.69, 9.17) is 19.6 Å². The molecule has 1 fully saturated rings. The Labute approximate surface area is 176 Å². The first-order valence-electron chi connectivity index (χ1n) is 10.6. The van der Waals surface area contributed by atoms with Gasteiger partial charge in [-0.05, 0) is 34.8 Å². The molecule has 2 aromatic rings. The SMILES string of the molecule is CO[C@H]1C[C@H](O[Si](c2ccccc2)(c2ccccc2)C(C)(C)C)C[C@@H](CCN)O1. The van der Waals surface area contributed by atoms with Gasteiger partial charge in [0, 0.05) is 13.5 Å². The van der Waals surface area contributed by atoms with Gasteiger partial charge in [-0.25, -0.2) is 0 Å². The van der Waals surface area contributed by atoms with E-state index in [0.29, 0.717) is 6.54 Å². The van der Waals surface area contributed by atoms with Crippen LogP contribution < -0.4 is 16.1 Å². The standard InChI is InChI=1S/C24H35NO3Si/c1-24(2,3)29(21-11-7-5-8-12-21,22-13-9-6-10-14-22)28-20-17-19(15-16-25)27-23(18-20)26-4/h5-14,19-20,23H,15-18,25H2,1-4H3/t19-,20-,23-/m1/s1. The van der Waals surface area contributed by atoms with E-state index in [1.165, 1.54) is 10.4 Å². The zero-order valence-corrected chi connectivity index (χ0v) is 19.1. The molecule has 1 aliphatic rings. The highest BCUT2D eigenvalue weighted by atomic mass is 28.4. The normalized spacial score (nSPS) is 23.1. The largest absolute Gasteiger partial charge is 0.404 e. The Morgan fingerprint density at radius 3 is 1.97 bits per heavy atom. The minimum absolute atomic E-state index is 0.0417. The molecular formula is C24H35NO3Si. The Bertz CT molecular complexity index is 708. The van der Waals surface area contributed by atoms with E-state index in [-0.39, 0.29) is 23.5 Å². The fourth-order valence-electron chi connectivity index (χ4n) is 4.49. The maximum absolute atomic E-state index is 7.26. The van der Waals surface area contributed by atoms with Gasteiger partial charge in [0.2, 0.25) is 0 Å². The molecule has 0 saturated carbocycles. The van der Waals surface area contributed by atoms with E-state index < -0.39 is 8.32 Å². The Balaban J connectivity index is 2.06. The summed E-state index contributed by atoms with van der Waals surface area (Å²) >= 11 is 0. The van der Waals surface area contributed by atoms with Gasteiger partial charge in [0.1, 0.15) is 0 Å². The molecule has 5 heteroatoms. The fraction of sp³-hybridized carbons (Fsp3) is 0.500. The van der Waals surface area contributed by atoms with E-state index in [0.717, 1.165) is 19.3 Å². The van der Waals surface area contributed by atoms with Crippen LogP contribution in [0, 0.1) is 0 Å². The lowest BCUT2D eigenvalue weighted by molar-refractivity contribution is -0.201. The molecule has 29 heavy (non-hydrogen) atoms. The summed E-state index contributed by atoms with van der Waals surface area (Å²) in [6, 6.07) is 21.5. The molecule has 0 radical (unpaired) electrons. The second-order valence-electron chi connectivity index (χ2n) is 8.88. The predicted molar refractivity (Wildman–Crippen MR) is 121 cm³/mol. The van der Waals surface area contributed by atoms with Gasteiger partial charge < -0.3 is 19.6 Å². The lowest BCUT2D eigenvalue weighted by Gasteiger charge is -2.47. The van der Waals surface area contributed by atoms with Crippen molar-refractivity contribution in [3.8, 4) is 0 Å². The lowest BCUT2D eigenvalue weighted by atomic mass is 10.0. The van der Waals surface area contributed by atoms with Gasteiger partial charge in [-0.15, -0.1) is 0 Å². The van der Waals surface area contributed by atoms with Crippen molar-refractivity contribution in [2.75, 3.05) is 13.7 Å². The van der Waals surface area contributed by atoms with Crippen LogP contribution in [0.25, 0.3) is 0 Å². The van der Waals surface area contributed by atoms with Crippen LogP contribution in [0.2, 0.25) is 5.04 Å². The molecule has 4 nitrogen and oxygen atoms in total. The van der Waals surface area contributed by atoms with Crippen molar-refractivity contribution >= 4 is 18.7 Å². The number of hydrogen-bond donors (Lipinski definition) is 1. The molecule has 0 aliphatic carbocycles. The Kier molecular flexibility index (Phi) is 7.30. The number of methoxy groups -OCH3 is 1. The molecule has 0 spiro atoms. The van der Waals surface area contributed by atoms with Gasteiger partial charge in [0.05, 0.1) is 12.2 Å². The summed E-state index contributed by atoms with van der Waals surface area (Å²) in [5.74, 6) is 0. The molecule has 3 atom stereocenters. The van der Waals surface area contributed by atoms with Gasteiger partial charge in [-0.2, -0.15) is 0 Å². The number of nitrogens with two attached hydrogens (primary N) is 1. The summed E-state index contributed by atoms with van der Waals surface area (Å²) in [4.78, 5) is 0. The maximum atomic E-state index is 7.26. The summed E-state index contributed by atoms with van der Waals surface area (Å²) in [6.45, 7) is 7.53. The molecule has 1 aliphatic heterocycles. The second kappa shape index (κ2) is 9.54. The summed E-state index contributed by atoms with van der Waals surface area (Å²) in [7, 11) is -0.870. The van der Waals surface area contributed by atoms with E-state index in [1.54, 1.807) is 7.11 Å². The molecule has 0 unspecified atom stereocenters. The highest BCUT2D eigenvalue weighted by Gasteiger charge is 2.52. The fourth-order valence-corrected chi connectivity index (χ4v) is 9.20. The van der Waals surface area contributed by atoms with Crippen LogP contribution in [-0.2, 0) is 13.9 Å². The molecule has 2 N–H and O–H groups in total. The molecule has 158 valence electrons. The van der Waals surface area contributed by atoms with Crippen LogP contribution in [0.3, 0.4) is 0 Å². The Morgan fingerprint density at radius 1 is 0.966 bits per heavy atom. The minimum atomic E-state index is -2.57. The molecule has 0 aromatic heterocycles. The molecular weight excluding hydrogens is 378 g/mol. The van der Waals surface area contributed by atoms with E-state index in [9.17, 15) is 0 Å². The average Bonchev–Trinajstić information content (AvgIpc) is 2.72. The topological polar surface area (TPSA) is 53.7 Å². The summed E-state index contributed by atoms with van der Waals surface area (Å²) in [5, 5.41) is 2.56. The van der Waals surface area contributed by atoms with Crippen molar-refractivity contribution in [2.24, 2.45) is 5.73 Å². The number of rotatable bonds is 7. The molecule has 0 bridgehead atoms. The first-order chi connectivity index (χ1) is 13.9. The van der Waals surface area contributed by atoms with Crippen LogP contribution in [0.4, 0.5) is 0 Å². The van der Waals surface area contributed by atoms with Crippen LogP contribution >= 0.6 is 0 Å². The smallest absolute Gasteiger partial charge is 0.261 e. The monoisotopic (exact) mass is 413 g/mol. The predicted octanol–water partition coefficient (Wildman–Crippen LogP) is 3.43. The highest BCUT2D eigenvalue weighted by Crippen LogP contribution is 2.39. The summed E-state index contributed by atoms with van der Waals surface area (Å²) in [6.07, 6.45) is 2.30. The first kappa shape index (κ1) is 22.2. The zero-order valence-electron chi connectivity index (χ0n) is 18.1. The molecule has 0 amide bonds. The van der Waals surface area contributed by atoms with Gasteiger partial charge in [0.25, 0.3) is 8.32 Å². The molecule has 3 rings (SSSR count). The van der Waals surface area contributed by atoms with Crippen molar-refractivity contribution in [3.05, 3.63) is 60.7 Å². The average molecular weight is 414 g/mol. The first-order valence-corrected chi connectivity index (χ1v) is 12.5. The minimum Gasteiger partial charge on any atom is -0.404 e. The van der Waals surface area contributed by atoms with Crippen molar-refractivity contribution in [1.82, 2.24) is 0 Å². The van der Waals surface area contributed by atoms with Crippen molar-refractivity contribution < 1.29 is 13.9 Å². The summed E-state index contributed by atoms with van der Waals surface area (Å²) in [5.41, 5.74) is 5.82. The van der Waals surface area contributed by atoms with E-state index in [1.807, 2.05) is 0 Å². The third-order valence-electron chi connectivity index (χ3n) is 5.84. The quantitative estimate of drug-likeness (QED) is 0.707. The maximum Gasteiger partial charge on any atom is 0.261 e.